The van der Waals surface area contributed by atoms with Gasteiger partial charge in [0.2, 0.25) is 5.91 Å². The Morgan fingerprint density at radius 3 is 2.32 bits per heavy atom. The third kappa shape index (κ3) is 5.15. The fraction of sp³-hybridized carbons (Fsp3) is 0.125. The van der Waals surface area contributed by atoms with Gasteiger partial charge in [0.1, 0.15) is 5.82 Å². The molecule has 0 atom stereocenters. The van der Waals surface area contributed by atoms with E-state index in [1.165, 1.54) is 12.1 Å². The third-order valence-electron chi connectivity index (χ3n) is 3.24. The Hall–Kier alpha value is -2.68. The zero-order valence-electron chi connectivity index (χ0n) is 12.7. The molecule has 0 aliphatic carbocycles. The highest BCUT2D eigenvalue weighted by Crippen LogP contribution is 2.30. The molecule has 0 aliphatic heterocycles. The number of primary amides is 1. The molecular formula is C16H13F4N3OS. The Balaban J connectivity index is 1.99. The molecule has 4 N–H and O–H groups in total. The van der Waals surface area contributed by atoms with Crippen LogP contribution in [0.2, 0.25) is 0 Å². The zero-order chi connectivity index (χ0) is 18.6. The predicted octanol–water partition coefficient (Wildman–Crippen LogP) is 3.43. The van der Waals surface area contributed by atoms with E-state index in [9.17, 15) is 22.4 Å². The summed E-state index contributed by atoms with van der Waals surface area (Å²) in [5, 5.41) is 5.48. The van der Waals surface area contributed by atoms with Gasteiger partial charge in [0.15, 0.2) is 5.11 Å². The molecule has 25 heavy (non-hydrogen) atoms. The summed E-state index contributed by atoms with van der Waals surface area (Å²) < 4.78 is 51.6. The van der Waals surface area contributed by atoms with Gasteiger partial charge in [-0.1, -0.05) is 0 Å². The van der Waals surface area contributed by atoms with E-state index in [1.807, 2.05) is 0 Å². The van der Waals surface area contributed by atoms with Gasteiger partial charge in [0.25, 0.3) is 0 Å². The van der Waals surface area contributed by atoms with Crippen molar-refractivity contribution in [3.05, 3.63) is 65.0 Å². The Labute approximate surface area is 146 Å². The van der Waals surface area contributed by atoms with Gasteiger partial charge in [-0.2, -0.15) is 13.2 Å². The van der Waals surface area contributed by atoms with Crippen LogP contribution in [0, 0.1) is 5.82 Å². The normalized spacial score (nSPS) is 11.0. The summed E-state index contributed by atoms with van der Waals surface area (Å²) in [6, 6.07) is 8.25. The van der Waals surface area contributed by atoms with E-state index in [1.54, 1.807) is 12.1 Å². The Kier molecular flexibility index (Phi) is 5.58. The number of halogens is 4. The minimum Gasteiger partial charge on any atom is -0.366 e. The van der Waals surface area contributed by atoms with Crippen molar-refractivity contribution in [3.8, 4) is 0 Å². The van der Waals surface area contributed by atoms with Crippen LogP contribution in [-0.2, 0) is 12.7 Å². The molecule has 0 radical (unpaired) electrons. The number of nitrogens with two attached hydrogens (primary N) is 1. The van der Waals surface area contributed by atoms with Crippen LogP contribution in [0.4, 0.5) is 23.2 Å². The fourth-order valence-electron chi connectivity index (χ4n) is 1.96. The number of hydrogen-bond acceptors (Lipinski definition) is 2. The highest BCUT2D eigenvalue weighted by molar-refractivity contribution is 7.80. The summed E-state index contributed by atoms with van der Waals surface area (Å²) in [4.78, 5) is 11.0. The first kappa shape index (κ1) is 18.7. The topological polar surface area (TPSA) is 67.2 Å². The van der Waals surface area contributed by atoms with Crippen LogP contribution in [0.15, 0.2) is 42.5 Å². The van der Waals surface area contributed by atoms with Crippen molar-refractivity contribution in [2.45, 2.75) is 12.7 Å². The Bertz CT molecular complexity index is 791. The van der Waals surface area contributed by atoms with E-state index in [0.29, 0.717) is 17.3 Å². The molecule has 9 heteroatoms. The number of hydrogen-bond donors (Lipinski definition) is 3. The lowest BCUT2D eigenvalue weighted by atomic mass is 10.1. The summed E-state index contributed by atoms with van der Waals surface area (Å²) in [5.41, 5.74) is 4.87. The molecule has 132 valence electrons. The molecule has 0 aromatic heterocycles. The van der Waals surface area contributed by atoms with Crippen LogP contribution < -0.4 is 16.4 Å². The highest BCUT2D eigenvalue weighted by atomic mass is 32.1. The zero-order valence-corrected chi connectivity index (χ0v) is 13.5. The van der Waals surface area contributed by atoms with E-state index >= 15 is 0 Å². The SMILES string of the molecule is NC(=O)c1ccc(NC(=S)NCc2cc(C(F)(F)F)ccc2F)cc1. The molecule has 0 spiro atoms. The summed E-state index contributed by atoms with van der Waals surface area (Å²) in [5.74, 6) is -1.35. The average Bonchev–Trinajstić information content (AvgIpc) is 2.53. The van der Waals surface area contributed by atoms with Crippen LogP contribution in [-0.4, -0.2) is 11.0 Å². The molecule has 4 nitrogen and oxygen atoms in total. The van der Waals surface area contributed by atoms with Crippen molar-refractivity contribution in [2.75, 3.05) is 5.32 Å². The third-order valence-corrected chi connectivity index (χ3v) is 3.49. The number of benzene rings is 2. The minimum absolute atomic E-state index is 0.0867. The number of thiocarbonyl (C=S) groups is 1. The lowest BCUT2D eigenvalue weighted by Gasteiger charge is -2.13. The van der Waals surface area contributed by atoms with Gasteiger partial charge >= 0.3 is 6.18 Å². The first-order valence-corrected chi connectivity index (χ1v) is 7.38. The van der Waals surface area contributed by atoms with Gasteiger partial charge < -0.3 is 16.4 Å². The van der Waals surface area contributed by atoms with Crippen molar-refractivity contribution in [2.24, 2.45) is 5.73 Å². The maximum absolute atomic E-state index is 13.6. The number of amides is 1. The summed E-state index contributed by atoms with van der Waals surface area (Å²) in [7, 11) is 0. The number of carbonyl (C=O) groups is 1. The largest absolute Gasteiger partial charge is 0.416 e. The van der Waals surface area contributed by atoms with Gasteiger partial charge in [0, 0.05) is 23.4 Å². The van der Waals surface area contributed by atoms with E-state index in [2.05, 4.69) is 10.6 Å². The van der Waals surface area contributed by atoms with Crippen molar-refractivity contribution in [1.82, 2.24) is 5.32 Å². The Morgan fingerprint density at radius 1 is 1.12 bits per heavy atom. The molecule has 2 rings (SSSR count). The van der Waals surface area contributed by atoms with Gasteiger partial charge in [-0.05, 0) is 54.7 Å². The second-order valence-corrected chi connectivity index (χ2v) is 5.46. The first-order valence-electron chi connectivity index (χ1n) is 6.97. The lowest BCUT2D eigenvalue weighted by Crippen LogP contribution is -2.28. The maximum Gasteiger partial charge on any atom is 0.416 e. The number of anilines is 1. The van der Waals surface area contributed by atoms with Crippen LogP contribution in [0.1, 0.15) is 21.5 Å². The smallest absolute Gasteiger partial charge is 0.366 e. The van der Waals surface area contributed by atoms with Gasteiger partial charge in [-0.3, -0.25) is 4.79 Å². The number of rotatable bonds is 4. The second-order valence-electron chi connectivity index (χ2n) is 5.05. The van der Waals surface area contributed by atoms with E-state index in [4.69, 9.17) is 18.0 Å². The minimum atomic E-state index is -4.55. The molecule has 2 aromatic carbocycles. The first-order chi connectivity index (χ1) is 11.7. The molecule has 0 aliphatic rings. The summed E-state index contributed by atoms with van der Waals surface area (Å²) in [6.07, 6.45) is -4.55. The fourth-order valence-corrected chi connectivity index (χ4v) is 2.15. The van der Waals surface area contributed by atoms with Crippen LogP contribution >= 0.6 is 12.2 Å². The molecule has 0 saturated heterocycles. The van der Waals surface area contributed by atoms with Crippen LogP contribution in [0.25, 0.3) is 0 Å². The highest BCUT2D eigenvalue weighted by Gasteiger charge is 2.31. The molecule has 0 saturated carbocycles. The summed E-state index contributed by atoms with van der Waals surface area (Å²) in [6.45, 7) is -0.221. The molecule has 1 amide bonds. The molecule has 2 aromatic rings. The van der Waals surface area contributed by atoms with E-state index < -0.39 is 23.5 Å². The molecule has 0 bridgehead atoms. The molecule has 0 unspecified atom stereocenters. The molecule has 0 heterocycles. The van der Waals surface area contributed by atoms with Gasteiger partial charge in [-0.15, -0.1) is 0 Å². The van der Waals surface area contributed by atoms with Crippen LogP contribution in [0.5, 0.6) is 0 Å². The number of alkyl halides is 3. The van der Waals surface area contributed by atoms with Crippen molar-refractivity contribution < 1.29 is 22.4 Å². The quantitative estimate of drug-likeness (QED) is 0.569. The maximum atomic E-state index is 13.6. The van der Waals surface area contributed by atoms with Crippen molar-refractivity contribution >= 4 is 28.9 Å². The molecular weight excluding hydrogens is 358 g/mol. The predicted molar refractivity (Wildman–Crippen MR) is 89.4 cm³/mol. The molecule has 0 fully saturated rings. The van der Waals surface area contributed by atoms with Gasteiger partial charge in [-0.25, -0.2) is 4.39 Å². The standard InChI is InChI=1S/C16H13F4N3OS/c17-13-6-3-11(16(18,19)20)7-10(13)8-22-15(25)23-12-4-1-9(2-5-12)14(21)24/h1-7H,8H2,(H2,21,24)(H2,22,23,25). The van der Waals surface area contributed by atoms with E-state index in [0.717, 1.165) is 12.1 Å². The lowest BCUT2D eigenvalue weighted by molar-refractivity contribution is -0.137. The van der Waals surface area contributed by atoms with Gasteiger partial charge in [0.05, 0.1) is 5.56 Å². The second kappa shape index (κ2) is 7.47. The summed E-state index contributed by atoms with van der Waals surface area (Å²) >= 11 is 5.01. The van der Waals surface area contributed by atoms with E-state index in [-0.39, 0.29) is 17.2 Å². The van der Waals surface area contributed by atoms with Crippen LogP contribution in [0.3, 0.4) is 0 Å². The number of carbonyl (C=O) groups excluding carboxylic acids is 1. The Morgan fingerprint density at radius 2 is 1.76 bits per heavy atom. The number of nitrogens with one attached hydrogen (secondary N) is 2. The monoisotopic (exact) mass is 371 g/mol. The van der Waals surface area contributed by atoms with Crippen molar-refractivity contribution in [1.29, 1.82) is 0 Å². The van der Waals surface area contributed by atoms with Crippen molar-refractivity contribution in [3.63, 3.8) is 0 Å². The average molecular weight is 371 g/mol.